The Labute approximate surface area is 187 Å². The van der Waals surface area contributed by atoms with Crippen LogP contribution in [0, 0.1) is 0 Å². The predicted octanol–water partition coefficient (Wildman–Crippen LogP) is 1.88. The van der Waals surface area contributed by atoms with E-state index in [9.17, 15) is 22.8 Å². The molecular formula is C20H17N3O7S2. The summed E-state index contributed by atoms with van der Waals surface area (Å²) in [5, 5.41) is 2.92. The maximum absolute atomic E-state index is 12.4. The first-order valence-corrected chi connectivity index (χ1v) is 11.8. The molecule has 4 rings (SSSR count). The lowest BCUT2D eigenvalue weighted by atomic mass is 10.2. The van der Waals surface area contributed by atoms with Crippen LogP contribution in [-0.2, 0) is 24.3 Å². The van der Waals surface area contributed by atoms with Crippen LogP contribution < -0.4 is 10.2 Å². The van der Waals surface area contributed by atoms with Crippen molar-refractivity contribution in [1.82, 2.24) is 0 Å². The Morgan fingerprint density at radius 2 is 1.81 bits per heavy atom. The Balaban J connectivity index is 1.35. The van der Waals surface area contributed by atoms with E-state index in [4.69, 9.17) is 4.74 Å². The Kier molecular flexibility index (Phi) is 5.89. The summed E-state index contributed by atoms with van der Waals surface area (Å²) in [6, 6.07) is 10.9. The molecule has 32 heavy (non-hydrogen) atoms. The van der Waals surface area contributed by atoms with E-state index in [0.29, 0.717) is 27.9 Å². The lowest BCUT2D eigenvalue weighted by Crippen LogP contribution is -2.35. The molecule has 1 amide bonds. The van der Waals surface area contributed by atoms with Gasteiger partial charge < -0.3 is 19.7 Å². The quantitative estimate of drug-likeness (QED) is 0.644. The van der Waals surface area contributed by atoms with E-state index in [1.54, 1.807) is 23.1 Å². The molecule has 0 aromatic heterocycles. The normalized spacial score (nSPS) is 15.8. The first kappa shape index (κ1) is 21.8. The van der Waals surface area contributed by atoms with Gasteiger partial charge in [-0.25, -0.2) is 18.0 Å². The SMILES string of the molecule is COC(=O)c1ccc(NC(=O)COC(=O)c2ccc3c(c2)SC2=NS(=O)(=O)CCN23)cc1. The molecule has 10 nitrogen and oxygen atoms in total. The van der Waals surface area contributed by atoms with Crippen LogP contribution in [0.25, 0.3) is 0 Å². The van der Waals surface area contributed by atoms with Crippen LogP contribution in [0.1, 0.15) is 20.7 Å². The highest BCUT2D eigenvalue weighted by Crippen LogP contribution is 2.42. The van der Waals surface area contributed by atoms with Crippen LogP contribution in [0.5, 0.6) is 0 Å². The Morgan fingerprint density at radius 3 is 2.53 bits per heavy atom. The summed E-state index contributed by atoms with van der Waals surface area (Å²) in [7, 11) is -2.19. The molecule has 12 heteroatoms. The minimum absolute atomic E-state index is 0.0686. The van der Waals surface area contributed by atoms with E-state index >= 15 is 0 Å². The minimum Gasteiger partial charge on any atom is -0.465 e. The largest absolute Gasteiger partial charge is 0.465 e. The predicted molar refractivity (Wildman–Crippen MR) is 118 cm³/mol. The van der Waals surface area contributed by atoms with Crippen LogP contribution in [-0.4, -0.2) is 57.4 Å². The summed E-state index contributed by atoms with van der Waals surface area (Å²) < 4.78 is 36.9. The third-order valence-corrected chi connectivity index (χ3v) is 6.94. The fourth-order valence-corrected chi connectivity index (χ4v) is 5.37. The van der Waals surface area contributed by atoms with Gasteiger partial charge in [-0.05, 0) is 54.2 Å². The second-order valence-electron chi connectivity index (χ2n) is 6.79. The molecule has 0 aliphatic carbocycles. The van der Waals surface area contributed by atoms with Crippen LogP contribution in [0.15, 0.2) is 51.8 Å². The van der Waals surface area contributed by atoms with Gasteiger partial charge in [0.1, 0.15) is 0 Å². The number of esters is 2. The fraction of sp³-hybridized carbons (Fsp3) is 0.200. The van der Waals surface area contributed by atoms with Gasteiger partial charge >= 0.3 is 11.9 Å². The monoisotopic (exact) mass is 475 g/mol. The summed E-state index contributed by atoms with van der Waals surface area (Å²) in [6.07, 6.45) is 0. The van der Waals surface area contributed by atoms with E-state index < -0.39 is 34.5 Å². The van der Waals surface area contributed by atoms with Gasteiger partial charge in [0.25, 0.3) is 15.9 Å². The number of nitrogens with one attached hydrogen (secondary N) is 1. The molecule has 0 bridgehead atoms. The van der Waals surface area contributed by atoms with E-state index in [1.807, 2.05) is 0 Å². The molecule has 0 unspecified atom stereocenters. The van der Waals surface area contributed by atoms with Crippen molar-refractivity contribution in [2.75, 3.05) is 36.2 Å². The number of amidine groups is 1. The number of carbonyl (C=O) groups excluding carboxylic acids is 3. The minimum atomic E-state index is -3.47. The first-order chi connectivity index (χ1) is 15.3. The molecular weight excluding hydrogens is 458 g/mol. The molecule has 2 aliphatic rings. The van der Waals surface area contributed by atoms with Crippen molar-refractivity contribution in [3.63, 3.8) is 0 Å². The van der Waals surface area contributed by atoms with E-state index in [-0.39, 0.29) is 11.3 Å². The van der Waals surface area contributed by atoms with Gasteiger partial charge in [0, 0.05) is 17.1 Å². The number of nitrogens with zero attached hydrogens (tertiary/aromatic N) is 2. The average Bonchev–Trinajstić information content (AvgIpc) is 3.12. The number of hydrogen-bond donors (Lipinski definition) is 1. The van der Waals surface area contributed by atoms with Crippen LogP contribution in [0.2, 0.25) is 0 Å². The second-order valence-corrected chi connectivity index (χ2v) is 9.55. The van der Waals surface area contributed by atoms with Crippen molar-refractivity contribution < 1.29 is 32.3 Å². The highest BCUT2D eigenvalue weighted by molar-refractivity contribution is 8.15. The van der Waals surface area contributed by atoms with Gasteiger partial charge in [-0.2, -0.15) is 0 Å². The van der Waals surface area contributed by atoms with Gasteiger partial charge in [0.2, 0.25) is 0 Å². The van der Waals surface area contributed by atoms with Crippen molar-refractivity contribution in [2.45, 2.75) is 4.90 Å². The number of rotatable bonds is 5. The van der Waals surface area contributed by atoms with Gasteiger partial charge in [-0.15, -0.1) is 4.40 Å². The summed E-state index contributed by atoms with van der Waals surface area (Å²) in [4.78, 5) is 38.3. The summed E-state index contributed by atoms with van der Waals surface area (Å²) in [5.41, 5.74) is 1.77. The number of amides is 1. The number of carbonyl (C=O) groups is 3. The number of thioether (sulfide) groups is 1. The number of methoxy groups -OCH3 is 1. The number of benzene rings is 2. The molecule has 0 fully saturated rings. The molecule has 0 saturated carbocycles. The molecule has 166 valence electrons. The van der Waals surface area contributed by atoms with Crippen molar-refractivity contribution in [2.24, 2.45) is 4.40 Å². The highest BCUT2D eigenvalue weighted by Gasteiger charge is 2.33. The molecule has 2 aromatic rings. The van der Waals surface area contributed by atoms with E-state index in [1.165, 1.54) is 31.4 Å². The highest BCUT2D eigenvalue weighted by atomic mass is 32.2. The molecule has 0 radical (unpaired) electrons. The molecule has 0 spiro atoms. The third-order valence-electron chi connectivity index (χ3n) is 4.63. The Morgan fingerprint density at radius 1 is 1.09 bits per heavy atom. The lowest BCUT2D eigenvalue weighted by molar-refractivity contribution is -0.119. The number of ether oxygens (including phenoxy) is 2. The Bertz CT molecular complexity index is 1240. The van der Waals surface area contributed by atoms with Crippen LogP contribution in [0.3, 0.4) is 0 Å². The smallest absolute Gasteiger partial charge is 0.338 e. The maximum atomic E-state index is 12.4. The molecule has 2 aliphatic heterocycles. The topological polar surface area (TPSA) is 131 Å². The summed E-state index contributed by atoms with van der Waals surface area (Å²) >= 11 is 1.16. The zero-order valence-electron chi connectivity index (χ0n) is 16.7. The van der Waals surface area contributed by atoms with Crippen LogP contribution in [0.4, 0.5) is 11.4 Å². The van der Waals surface area contributed by atoms with Crippen molar-refractivity contribution in [1.29, 1.82) is 0 Å². The molecule has 2 heterocycles. The van der Waals surface area contributed by atoms with Crippen molar-refractivity contribution in [3.8, 4) is 0 Å². The molecule has 0 atom stereocenters. The van der Waals surface area contributed by atoms with Crippen LogP contribution >= 0.6 is 11.8 Å². The number of fused-ring (bicyclic) bond motifs is 3. The lowest BCUT2D eigenvalue weighted by Gasteiger charge is -2.22. The van der Waals surface area contributed by atoms with Gasteiger partial charge in [-0.3, -0.25) is 4.79 Å². The van der Waals surface area contributed by atoms with E-state index in [2.05, 4.69) is 14.5 Å². The van der Waals surface area contributed by atoms with Crippen molar-refractivity contribution >= 4 is 56.2 Å². The standard InChI is InChI=1S/C20H17N3O7S2/c1-29-18(25)12-2-5-14(6-3-12)21-17(24)11-30-19(26)13-4-7-15-16(10-13)31-20-22-32(27,28)9-8-23(15)20/h2-7,10H,8-9,11H2,1H3,(H,21,24). The first-order valence-electron chi connectivity index (χ1n) is 9.33. The average molecular weight is 476 g/mol. The molecule has 2 aromatic carbocycles. The second kappa shape index (κ2) is 8.63. The van der Waals surface area contributed by atoms with E-state index in [0.717, 1.165) is 17.4 Å². The zero-order valence-corrected chi connectivity index (χ0v) is 18.4. The molecule has 1 N–H and O–H groups in total. The molecule has 0 saturated heterocycles. The van der Waals surface area contributed by atoms with Gasteiger partial charge in [0.05, 0.1) is 29.7 Å². The number of sulfonamides is 1. The summed E-state index contributed by atoms with van der Waals surface area (Å²) in [6.45, 7) is -0.204. The van der Waals surface area contributed by atoms with Gasteiger partial charge in [0.15, 0.2) is 11.8 Å². The number of hydrogen-bond acceptors (Lipinski definition) is 9. The van der Waals surface area contributed by atoms with Gasteiger partial charge in [-0.1, -0.05) is 0 Å². The maximum Gasteiger partial charge on any atom is 0.338 e. The zero-order chi connectivity index (χ0) is 22.9. The third kappa shape index (κ3) is 4.60. The summed E-state index contributed by atoms with van der Waals surface area (Å²) in [5.74, 6) is -1.80. The number of anilines is 2. The Hall–Kier alpha value is -3.38. The fourth-order valence-electron chi connectivity index (χ4n) is 3.08. The van der Waals surface area contributed by atoms with Crippen molar-refractivity contribution in [3.05, 3.63) is 53.6 Å².